The molecule has 0 saturated carbocycles. The molecule has 2 fully saturated rings. The average molecular weight is 424 g/mol. The number of hydrogen-bond donors (Lipinski definition) is 0. The first kappa shape index (κ1) is 21.6. The van der Waals surface area contributed by atoms with Crippen LogP contribution in [0.3, 0.4) is 0 Å². The van der Waals surface area contributed by atoms with Gasteiger partial charge in [-0.25, -0.2) is 12.8 Å². The summed E-state index contributed by atoms with van der Waals surface area (Å²) in [6, 6.07) is 7.75. The van der Waals surface area contributed by atoms with Crippen LogP contribution in [0.4, 0.5) is 4.39 Å². The summed E-state index contributed by atoms with van der Waals surface area (Å²) < 4.78 is 37.7. The molecule has 8 nitrogen and oxygen atoms in total. The quantitative estimate of drug-likeness (QED) is 0.668. The minimum atomic E-state index is -3.18. The molecule has 1 atom stereocenters. The van der Waals surface area contributed by atoms with Crippen LogP contribution in [-0.4, -0.2) is 98.5 Å². The standard InChI is InChI=1S/C19H26FN5O3S/c1-29(27,28)25-12-6-22(7-13-25)15-19(26)24-10-8-23(9-11-24)18(14-21)16-2-4-17(20)5-3-16/h2-5,18H,6-13,15H2,1H3. The third-order valence-electron chi connectivity index (χ3n) is 5.50. The molecule has 3 rings (SSSR count). The van der Waals surface area contributed by atoms with Gasteiger partial charge in [0.2, 0.25) is 15.9 Å². The molecule has 0 radical (unpaired) electrons. The second-order valence-electron chi connectivity index (χ2n) is 7.44. The first-order valence-electron chi connectivity index (χ1n) is 9.62. The monoisotopic (exact) mass is 423 g/mol. The highest BCUT2D eigenvalue weighted by Crippen LogP contribution is 2.22. The molecule has 0 aromatic heterocycles. The molecule has 1 amide bonds. The van der Waals surface area contributed by atoms with Gasteiger partial charge in [0.1, 0.15) is 11.9 Å². The molecule has 0 aliphatic carbocycles. The number of amides is 1. The second-order valence-corrected chi connectivity index (χ2v) is 9.42. The third kappa shape index (κ3) is 5.51. The normalized spacial score (nSPS) is 20.9. The summed E-state index contributed by atoms with van der Waals surface area (Å²) in [6.45, 7) is 4.37. The van der Waals surface area contributed by atoms with E-state index in [0.29, 0.717) is 52.4 Å². The van der Waals surface area contributed by atoms with Gasteiger partial charge < -0.3 is 4.90 Å². The van der Waals surface area contributed by atoms with Crippen LogP contribution in [0.2, 0.25) is 0 Å². The van der Waals surface area contributed by atoms with Crippen molar-refractivity contribution in [1.29, 1.82) is 5.26 Å². The molecule has 1 unspecified atom stereocenters. The zero-order valence-electron chi connectivity index (χ0n) is 16.5. The lowest BCUT2D eigenvalue weighted by molar-refractivity contribution is -0.134. The zero-order valence-corrected chi connectivity index (χ0v) is 17.3. The van der Waals surface area contributed by atoms with E-state index in [2.05, 4.69) is 6.07 Å². The van der Waals surface area contributed by atoms with Crippen LogP contribution in [-0.2, 0) is 14.8 Å². The van der Waals surface area contributed by atoms with Crippen LogP contribution < -0.4 is 0 Å². The average Bonchev–Trinajstić information content (AvgIpc) is 2.70. The number of nitrogens with zero attached hydrogens (tertiary/aromatic N) is 5. The number of benzene rings is 1. The van der Waals surface area contributed by atoms with Crippen molar-refractivity contribution in [3.05, 3.63) is 35.6 Å². The highest BCUT2D eigenvalue weighted by atomic mass is 32.2. The van der Waals surface area contributed by atoms with Gasteiger partial charge in [-0.2, -0.15) is 9.57 Å². The van der Waals surface area contributed by atoms with Gasteiger partial charge in [0.05, 0.1) is 18.9 Å². The molecule has 0 N–H and O–H groups in total. The van der Waals surface area contributed by atoms with Gasteiger partial charge in [-0.1, -0.05) is 12.1 Å². The lowest BCUT2D eigenvalue weighted by Gasteiger charge is -2.38. The van der Waals surface area contributed by atoms with E-state index in [1.165, 1.54) is 22.7 Å². The first-order chi connectivity index (χ1) is 13.8. The van der Waals surface area contributed by atoms with E-state index in [0.717, 1.165) is 5.56 Å². The Morgan fingerprint density at radius 1 is 1.07 bits per heavy atom. The molecule has 2 heterocycles. The lowest BCUT2D eigenvalue weighted by atomic mass is 10.1. The van der Waals surface area contributed by atoms with Crippen LogP contribution in [0.5, 0.6) is 0 Å². The Kier molecular flexibility index (Phi) is 6.85. The Morgan fingerprint density at radius 3 is 2.17 bits per heavy atom. The van der Waals surface area contributed by atoms with Crippen molar-refractivity contribution < 1.29 is 17.6 Å². The smallest absolute Gasteiger partial charge is 0.236 e. The van der Waals surface area contributed by atoms with Gasteiger partial charge in [-0.15, -0.1) is 0 Å². The number of sulfonamides is 1. The summed E-state index contributed by atoms with van der Waals surface area (Å²) in [6.07, 6.45) is 1.20. The number of nitriles is 1. The van der Waals surface area contributed by atoms with Gasteiger partial charge >= 0.3 is 0 Å². The summed E-state index contributed by atoms with van der Waals surface area (Å²) in [5.74, 6) is -0.314. The van der Waals surface area contributed by atoms with Crippen LogP contribution in [0.15, 0.2) is 24.3 Å². The van der Waals surface area contributed by atoms with E-state index in [-0.39, 0.29) is 18.3 Å². The van der Waals surface area contributed by atoms with Crippen molar-refractivity contribution in [2.45, 2.75) is 6.04 Å². The molecule has 2 saturated heterocycles. The van der Waals surface area contributed by atoms with Crippen molar-refractivity contribution in [3.8, 4) is 6.07 Å². The topological polar surface area (TPSA) is 88.0 Å². The van der Waals surface area contributed by atoms with E-state index in [1.54, 1.807) is 17.0 Å². The predicted octanol–water partition coefficient (Wildman–Crippen LogP) is 0.112. The summed E-state index contributed by atoms with van der Waals surface area (Å²) in [4.78, 5) is 18.4. The van der Waals surface area contributed by atoms with Crippen molar-refractivity contribution in [2.24, 2.45) is 0 Å². The molecule has 2 aliphatic rings. The largest absolute Gasteiger partial charge is 0.339 e. The first-order valence-corrected chi connectivity index (χ1v) is 11.5. The number of piperazine rings is 2. The van der Waals surface area contributed by atoms with Crippen molar-refractivity contribution >= 4 is 15.9 Å². The van der Waals surface area contributed by atoms with Crippen LogP contribution >= 0.6 is 0 Å². The summed E-state index contributed by atoms with van der Waals surface area (Å²) in [5, 5.41) is 9.55. The fourth-order valence-corrected chi connectivity index (χ4v) is 4.58. The fraction of sp³-hybridized carbons (Fsp3) is 0.579. The second kappa shape index (κ2) is 9.17. The molecule has 1 aromatic rings. The summed E-state index contributed by atoms with van der Waals surface area (Å²) in [5.41, 5.74) is 0.748. The maximum absolute atomic E-state index is 13.1. The maximum Gasteiger partial charge on any atom is 0.236 e. The van der Waals surface area contributed by atoms with Crippen molar-refractivity contribution in [3.63, 3.8) is 0 Å². The fourth-order valence-electron chi connectivity index (χ4n) is 3.75. The molecule has 1 aromatic carbocycles. The van der Waals surface area contributed by atoms with E-state index in [9.17, 15) is 22.9 Å². The molecule has 158 valence electrons. The zero-order chi connectivity index (χ0) is 21.0. The Hall–Kier alpha value is -2.06. The Balaban J connectivity index is 1.48. The maximum atomic E-state index is 13.1. The summed E-state index contributed by atoms with van der Waals surface area (Å²) in [7, 11) is -3.18. The molecule has 0 bridgehead atoms. The Labute approximate surface area is 171 Å². The summed E-state index contributed by atoms with van der Waals surface area (Å²) >= 11 is 0. The van der Waals surface area contributed by atoms with E-state index in [4.69, 9.17) is 0 Å². The van der Waals surface area contributed by atoms with Crippen molar-refractivity contribution in [2.75, 3.05) is 65.2 Å². The number of rotatable bonds is 5. The van der Waals surface area contributed by atoms with E-state index >= 15 is 0 Å². The molecular formula is C19H26FN5O3S. The lowest BCUT2D eigenvalue weighted by Crippen LogP contribution is -2.54. The van der Waals surface area contributed by atoms with Crippen LogP contribution in [0.1, 0.15) is 11.6 Å². The Bertz CT molecular complexity index is 855. The minimum Gasteiger partial charge on any atom is -0.339 e. The van der Waals surface area contributed by atoms with E-state index in [1.807, 2.05) is 9.80 Å². The predicted molar refractivity (Wildman–Crippen MR) is 106 cm³/mol. The van der Waals surface area contributed by atoms with Gasteiger partial charge in [-0.05, 0) is 17.7 Å². The number of halogens is 1. The highest BCUT2D eigenvalue weighted by molar-refractivity contribution is 7.88. The minimum absolute atomic E-state index is 0.0211. The van der Waals surface area contributed by atoms with Crippen LogP contribution in [0, 0.1) is 17.1 Å². The SMILES string of the molecule is CS(=O)(=O)N1CCN(CC(=O)N2CCN(C(C#N)c3ccc(F)cc3)CC2)CC1. The number of carbonyl (C=O) groups excluding carboxylic acids is 1. The van der Waals surface area contributed by atoms with Gasteiger partial charge in [0, 0.05) is 52.4 Å². The number of hydrogen-bond acceptors (Lipinski definition) is 6. The molecule has 0 spiro atoms. The van der Waals surface area contributed by atoms with Gasteiger partial charge in [0.25, 0.3) is 0 Å². The Morgan fingerprint density at radius 2 is 1.66 bits per heavy atom. The molecular weight excluding hydrogens is 397 g/mol. The van der Waals surface area contributed by atoms with E-state index < -0.39 is 16.1 Å². The van der Waals surface area contributed by atoms with Crippen molar-refractivity contribution in [1.82, 2.24) is 19.0 Å². The third-order valence-corrected chi connectivity index (χ3v) is 6.80. The molecule has 10 heteroatoms. The van der Waals surface area contributed by atoms with Gasteiger partial charge in [0.15, 0.2) is 0 Å². The number of carbonyl (C=O) groups is 1. The highest BCUT2D eigenvalue weighted by Gasteiger charge is 2.29. The molecule has 29 heavy (non-hydrogen) atoms. The molecule has 2 aliphatic heterocycles. The van der Waals surface area contributed by atoms with Crippen LogP contribution in [0.25, 0.3) is 0 Å². The van der Waals surface area contributed by atoms with Gasteiger partial charge in [-0.3, -0.25) is 14.6 Å².